The lowest BCUT2D eigenvalue weighted by molar-refractivity contribution is -0.887. The topological polar surface area (TPSA) is 99.1 Å². The predicted molar refractivity (Wildman–Crippen MR) is 270 cm³/mol. The van der Waals surface area contributed by atoms with Gasteiger partial charge in [-0.15, -0.1) is 0 Å². The molecule has 0 aliphatic heterocycles. The molecule has 2 atom stereocenters. The highest BCUT2D eigenvalue weighted by atomic mass is 16.6. The van der Waals surface area contributed by atoms with E-state index in [0.717, 1.165) is 57.8 Å². The van der Waals surface area contributed by atoms with Crippen molar-refractivity contribution >= 4 is 17.9 Å². The molecule has 0 heterocycles. The van der Waals surface area contributed by atoms with Gasteiger partial charge in [0.25, 0.3) is 0 Å². The molecule has 0 aliphatic rings. The lowest BCUT2D eigenvalue weighted by atomic mass is 10.0. The first-order valence-corrected chi connectivity index (χ1v) is 26.0. The molecule has 0 aliphatic carbocycles. The zero-order valence-electron chi connectivity index (χ0n) is 42.0. The number of carboxylic acids is 1. The SMILES string of the molecule is CC/C=C/C/C=C/C/C=C/CCCCCCCCCCCCCCCC(=O)OC(COCCC(C(=O)O)[N+](C)(C)C)COC(=O)CCC/C=C/C/C=C/C/C=C/CCCCCCCC. The third-order valence-corrected chi connectivity index (χ3v) is 11.3. The third kappa shape index (κ3) is 44.0. The summed E-state index contributed by atoms with van der Waals surface area (Å²) in [5.74, 6) is -1.53. The van der Waals surface area contributed by atoms with Crippen LogP contribution in [0.4, 0.5) is 0 Å². The van der Waals surface area contributed by atoms with Gasteiger partial charge in [-0.2, -0.15) is 0 Å². The Bertz CT molecular complexity index is 1270. The predicted octanol–water partition coefficient (Wildman–Crippen LogP) is 15.1. The van der Waals surface area contributed by atoms with Gasteiger partial charge in [0.15, 0.2) is 12.1 Å². The summed E-state index contributed by atoms with van der Waals surface area (Å²) in [5, 5.41) is 9.65. The van der Waals surface area contributed by atoms with Crippen LogP contribution < -0.4 is 0 Å². The molecule has 2 unspecified atom stereocenters. The Morgan fingerprint density at radius 2 is 0.891 bits per heavy atom. The molecule has 0 aromatic carbocycles. The Morgan fingerprint density at radius 3 is 1.34 bits per heavy atom. The maximum Gasteiger partial charge on any atom is 0.362 e. The molecule has 0 aromatic rings. The van der Waals surface area contributed by atoms with Crippen LogP contribution in [0, 0.1) is 0 Å². The summed E-state index contributed by atoms with van der Waals surface area (Å²) in [7, 11) is 5.52. The van der Waals surface area contributed by atoms with E-state index in [9.17, 15) is 19.5 Å². The number of carbonyl (C=O) groups is 3. The monoisotopic (exact) mass is 897 g/mol. The van der Waals surface area contributed by atoms with E-state index in [1.807, 2.05) is 21.1 Å². The largest absolute Gasteiger partial charge is 0.477 e. The normalized spacial score (nSPS) is 13.5. The highest BCUT2D eigenvalue weighted by Crippen LogP contribution is 2.15. The van der Waals surface area contributed by atoms with Gasteiger partial charge in [0.1, 0.15) is 6.61 Å². The van der Waals surface area contributed by atoms with Gasteiger partial charge in [-0.3, -0.25) is 9.59 Å². The number of rotatable bonds is 46. The molecule has 0 saturated carbocycles. The van der Waals surface area contributed by atoms with Gasteiger partial charge in [-0.1, -0.05) is 189 Å². The summed E-state index contributed by atoms with van der Waals surface area (Å²) < 4.78 is 17.3. The van der Waals surface area contributed by atoms with Crippen LogP contribution in [0.2, 0.25) is 0 Å². The Hall–Kier alpha value is -3.23. The summed E-state index contributed by atoms with van der Waals surface area (Å²) in [6, 6.07) is -0.625. The van der Waals surface area contributed by atoms with Gasteiger partial charge in [0.05, 0.1) is 34.4 Å². The molecule has 1 N–H and O–H groups in total. The Morgan fingerprint density at radius 1 is 0.484 bits per heavy atom. The first-order chi connectivity index (χ1) is 31.1. The Kier molecular flexibility index (Phi) is 44.0. The highest BCUT2D eigenvalue weighted by Gasteiger charge is 2.31. The van der Waals surface area contributed by atoms with E-state index in [1.54, 1.807) is 0 Å². The molecule has 8 nitrogen and oxygen atoms in total. The number of ether oxygens (including phenoxy) is 3. The van der Waals surface area contributed by atoms with E-state index in [-0.39, 0.29) is 42.7 Å². The van der Waals surface area contributed by atoms with Crippen molar-refractivity contribution in [2.45, 2.75) is 225 Å². The number of hydrogen-bond acceptors (Lipinski definition) is 6. The maximum absolute atomic E-state index is 12.8. The van der Waals surface area contributed by atoms with Crippen LogP contribution in [-0.4, -0.2) is 80.6 Å². The second-order valence-electron chi connectivity index (χ2n) is 18.4. The lowest BCUT2D eigenvalue weighted by Crippen LogP contribution is -2.50. The maximum atomic E-state index is 12.8. The van der Waals surface area contributed by atoms with Crippen molar-refractivity contribution < 1.29 is 38.2 Å². The quantitative estimate of drug-likeness (QED) is 0.0281. The molecule has 0 bridgehead atoms. The average molecular weight is 897 g/mol. The van der Waals surface area contributed by atoms with Crippen molar-refractivity contribution in [2.75, 3.05) is 41.0 Å². The van der Waals surface area contributed by atoms with Gasteiger partial charge in [-0.25, -0.2) is 4.79 Å². The zero-order valence-corrected chi connectivity index (χ0v) is 42.0. The summed E-state index contributed by atoms with van der Waals surface area (Å²) in [5.41, 5.74) is 0. The minimum Gasteiger partial charge on any atom is -0.477 e. The summed E-state index contributed by atoms with van der Waals surface area (Å²) in [6.45, 7) is 4.58. The second kappa shape index (κ2) is 46.3. The number of esters is 2. The number of aliphatic carboxylic acids is 1. The van der Waals surface area contributed by atoms with Crippen LogP contribution in [-0.2, 0) is 28.6 Å². The molecule has 0 amide bonds. The van der Waals surface area contributed by atoms with Crippen molar-refractivity contribution in [3.05, 3.63) is 72.9 Å². The first kappa shape index (κ1) is 60.8. The van der Waals surface area contributed by atoms with Crippen molar-refractivity contribution in [1.82, 2.24) is 0 Å². The number of carbonyl (C=O) groups excluding carboxylic acids is 2. The van der Waals surface area contributed by atoms with Crippen molar-refractivity contribution in [2.24, 2.45) is 0 Å². The number of nitrogens with zero attached hydrogens (tertiary/aromatic N) is 1. The van der Waals surface area contributed by atoms with Crippen LogP contribution in [0.1, 0.15) is 213 Å². The molecular formula is C56H98NO7+. The molecule has 368 valence electrons. The van der Waals surface area contributed by atoms with E-state index in [1.165, 1.54) is 116 Å². The summed E-state index contributed by atoms with van der Waals surface area (Å²) >= 11 is 0. The molecular weight excluding hydrogens is 799 g/mol. The number of likely N-dealkylation sites (N-methyl/N-ethyl adjacent to an activating group) is 1. The van der Waals surface area contributed by atoms with Crippen molar-refractivity contribution in [3.8, 4) is 0 Å². The van der Waals surface area contributed by atoms with Gasteiger partial charge in [0.2, 0.25) is 0 Å². The Balaban J connectivity index is 4.28. The lowest BCUT2D eigenvalue weighted by Gasteiger charge is -2.31. The molecule has 0 saturated heterocycles. The molecule has 0 fully saturated rings. The van der Waals surface area contributed by atoms with Gasteiger partial charge in [0, 0.05) is 19.3 Å². The molecule has 64 heavy (non-hydrogen) atoms. The first-order valence-electron chi connectivity index (χ1n) is 26.0. The molecule has 0 aromatic heterocycles. The molecule has 0 radical (unpaired) electrons. The van der Waals surface area contributed by atoms with Crippen LogP contribution in [0.3, 0.4) is 0 Å². The minimum absolute atomic E-state index is 0.0431. The van der Waals surface area contributed by atoms with E-state index >= 15 is 0 Å². The fraction of sp³-hybridized carbons (Fsp3) is 0.732. The number of unbranched alkanes of at least 4 members (excludes halogenated alkanes) is 20. The second-order valence-corrected chi connectivity index (χ2v) is 18.4. The van der Waals surface area contributed by atoms with E-state index in [0.29, 0.717) is 19.3 Å². The smallest absolute Gasteiger partial charge is 0.362 e. The summed E-state index contributed by atoms with van der Waals surface area (Å²) in [6.07, 6.45) is 59.6. The van der Waals surface area contributed by atoms with E-state index < -0.39 is 18.1 Å². The number of allylic oxidation sites excluding steroid dienone is 12. The van der Waals surface area contributed by atoms with Crippen LogP contribution in [0.5, 0.6) is 0 Å². The van der Waals surface area contributed by atoms with Crippen molar-refractivity contribution in [3.63, 3.8) is 0 Å². The van der Waals surface area contributed by atoms with E-state index in [2.05, 4.69) is 86.8 Å². The number of hydrogen-bond donors (Lipinski definition) is 1. The summed E-state index contributed by atoms with van der Waals surface area (Å²) in [4.78, 5) is 37.1. The third-order valence-electron chi connectivity index (χ3n) is 11.3. The van der Waals surface area contributed by atoms with Crippen LogP contribution >= 0.6 is 0 Å². The molecule has 0 spiro atoms. The van der Waals surface area contributed by atoms with Crippen LogP contribution in [0.25, 0.3) is 0 Å². The highest BCUT2D eigenvalue weighted by molar-refractivity contribution is 5.72. The Labute approximate surface area is 393 Å². The number of quaternary nitrogens is 1. The van der Waals surface area contributed by atoms with Gasteiger partial charge < -0.3 is 23.8 Å². The van der Waals surface area contributed by atoms with Gasteiger partial charge >= 0.3 is 17.9 Å². The van der Waals surface area contributed by atoms with Crippen molar-refractivity contribution in [1.29, 1.82) is 0 Å². The average Bonchev–Trinajstić information content (AvgIpc) is 3.26. The van der Waals surface area contributed by atoms with E-state index in [4.69, 9.17) is 14.2 Å². The molecule has 8 heteroatoms. The number of carboxylic acid groups (broad SMARTS) is 1. The molecule has 0 rings (SSSR count). The fourth-order valence-electron chi connectivity index (χ4n) is 7.36. The van der Waals surface area contributed by atoms with Gasteiger partial charge in [-0.05, 0) is 77.0 Å². The minimum atomic E-state index is -0.882. The van der Waals surface area contributed by atoms with Crippen LogP contribution in [0.15, 0.2) is 72.9 Å². The zero-order chi connectivity index (χ0) is 47.0. The standard InChI is InChI=1S/C56H97NO7/c1-6-8-10-12-14-16-18-20-22-24-25-26-27-28-29-31-33-35-37-39-41-43-45-47-55(59)64-52(50-62-49-48-53(56(60)61)57(3,4)5)51-63-54(58)46-44-42-40-38-36-34-32-30-23-21-19-17-15-13-11-9-7-2/h8,10,14,16,20-23,32,34,38,40,52-53H,6-7,9,11-13,15,17-19,24-31,33,35-37,39,41-51H2,1-5H3/p+1/b10-8+,16-14+,22-20+,23-21+,34-32+,40-38+. The fourth-order valence-corrected chi connectivity index (χ4v) is 7.36.